The minimum atomic E-state index is -1.68. The molecule has 0 saturated heterocycles. The van der Waals surface area contributed by atoms with E-state index in [2.05, 4.69) is 6.58 Å². The van der Waals surface area contributed by atoms with Crippen LogP contribution in [0.15, 0.2) is 12.2 Å². The van der Waals surface area contributed by atoms with E-state index in [1.54, 1.807) is 0 Å². The van der Waals surface area contributed by atoms with E-state index in [1.807, 2.05) is 0 Å². The Morgan fingerprint density at radius 2 is 2.00 bits per heavy atom. The first-order chi connectivity index (χ1) is 5.24. The summed E-state index contributed by atoms with van der Waals surface area (Å²) in [7, 11) is 0. The van der Waals surface area contributed by atoms with Gasteiger partial charge >= 0.3 is 0 Å². The van der Waals surface area contributed by atoms with Crippen molar-refractivity contribution in [3.05, 3.63) is 12.2 Å². The maximum Gasteiger partial charge on any atom is 0.272 e. The van der Waals surface area contributed by atoms with Crippen molar-refractivity contribution < 1.29 is 10.0 Å². The van der Waals surface area contributed by atoms with E-state index in [-0.39, 0.29) is 12.1 Å². The molecule has 0 saturated carbocycles. The van der Waals surface area contributed by atoms with Crippen LogP contribution in [0.5, 0.6) is 0 Å². The number of rotatable bonds is 2. The summed E-state index contributed by atoms with van der Waals surface area (Å²) in [6, 6.07) is 0. The van der Waals surface area contributed by atoms with Gasteiger partial charge in [0.2, 0.25) is 3.79 Å². The zero-order valence-corrected chi connectivity index (χ0v) is 8.62. The molecule has 0 atom stereocenters. The van der Waals surface area contributed by atoms with Crippen LogP contribution >= 0.6 is 34.8 Å². The van der Waals surface area contributed by atoms with E-state index in [1.165, 1.54) is 6.92 Å². The molecule has 70 valence electrons. The molecule has 0 spiro atoms. The molecule has 0 aliphatic heterocycles. The number of carbonyl (C=O) groups excluding carboxylic acids is 1. The van der Waals surface area contributed by atoms with Crippen molar-refractivity contribution in [2.45, 2.75) is 10.7 Å². The molecule has 0 unspecified atom stereocenters. The Morgan fingerprint density at radius 1 is 1.58 bits per heavy atom. The van der Waals surface area contributed by atoms with Crippen molar-refractivity contribution in [1.82, 2.24) is 5.06 Å². The predicted molar refractivity (Wildman–Crippen MR) is 48.6 cm³/mol. The summed E-state index contributed by atoms with van der Waals surface area (Å²) in [6.45, 7) is 4.39. The highest BCUT2D eigenvalue weighted by molar-refractivity contribution is 6.67. The summed E-state index contributed by atoms with van der Waals surface area (Å²) in [5, 5.41) is 9.31. The smallest absolute Gasteiger partial charge is 0.272 e. The van der Waals surface area contributed by atoms with Gasteiger partial charge in [-0.1, -0.05) is 41.4 Å². The SMILES string of the molecule is C=C(C)C(=O)N(O)CC(Cl)(Cl)Cl. The molecule has 12 heavy (non-hydrogen) atoms. The van der Waals surface area contributed by atoms with E-state index in [9.17, 15) is 4.79 Å². The number of hydrogen-bond donors (Lipinski definition) is 1. The average Bonchev–Trinajstić information content (AvgIpc) is 1.82. The zero-order valence-electron chi connectivity index (χ0n) is 6.35. The number of hydrogen-bond acceptors (Lipinski definition) is 2. The second-order valence-electron chi connectivity index (χ2n) is 2.26. The van der Waals surface area contributed by atoms with Crippen LogP contribution in [-0.2, 0) is 4.79 Å². The fourth-order valence-corrected chi connectivity index (χ4v) is 0.802. The number of hydroxylamine groups is 2. The summed E-state index contributed by atoms with van der Waals surface area (Å²) in [4.78, 5) is 10.9. The van der Waals surface area contributed by atoms with Crippen LogP contribution in [0.3, 0.4) is 0 Å². The maximum atomic E-state index is 10.9. The highest BCUT2D eigenvalue weighted by Crippen LogP contribution is 2.26. The van der Waals surface area contributed by atoms with Gasteiger partial charge in [-0.25, -0.2) is 5.06 Å². The van der Waals surface area contributed by atoms with Crippen molar-refractivity contribution in [2.24, 2.45) is 0 Å². The van der Waals surface area contributed by atoms with E-state index < -0.39 is 9.70 Å². The minimum absolute atomic E-state index is 0.173. The Labute approximate surface area is 85.5 Å². The Kier molecular flexibility index (Phi) is 4.34. The monoisotopic (exact) mass is 231 g/mol. The first-order valence-electron chi connectivity index (χ1n) is 2.97. The van der Waals surface area contributed by atoms with Gasteiger partial charge in [0.05, 0.1) is 6.54 Å². The van der Waals surface area contributed by atoms with Crippen LogP contribution in [0.2, 0.25) is 0 Å². The third-order valence-electron chi connectivity index (χ3n) is 0.929. The van der Waals surface area contributed by atoms with Gasteiger partial charge in [0, 0.05) is 5.57 Å². The Hall–Kier alpha value is 0.0400. The molecule has 0 aliphatic rings. The first-order valence-corrected chi connectivity index (χ1v) is 4.10. The van der Waals surface area contributed by atoms with E-state index in [0.717, 1.165) is 0 Å². The molecule has 3 nitrogen and oxygen atoms in total. The normalized spacial score (nSPS) is 11.1. The number of amides is 1. The number of nitrogens with zero attached hydrogens (tertiary/aromatic N) is 1. The van der Waals surface area contributed by atoms with Gasteiger partial charge < -0.3 is 0 Å². The molecule has 0 rings (SSSR count). The molecule has 1 N–H and O–H groups in total. The Bertz CT molecular complexity index is 199. The van der Waals surface area contributed by atoms with Crippen molar-refractivity contribution in [1.29, 1.82) is 0 Å². The first kappa shape index (κ1) is 12.0. The molecular weight excluding hydrogens is 224 g/mol. The molecule has 0 aromatic heterocycles. The van der Waals surface area contributed by atoms with Crippen molar-refractivity contribution in [3.8, 4) is 0 Å². The lowest BCUT2D eigenvalue weighted by Crippen LogP contribution is -2.35. The van der Waals surface area contributed by atoms with Crippen LogP contribution < -0.4 is 0 Å². The van der Waals surface area contributed by atoms with Gasteiger partial charge in [-0.05, 0) is 6.92 Å². The Balaban J connectivity index is 4.14. The van der Waals surface area contributed by atoms with Gasteiger partial charge in [0.15, 0.2) is 0 Å². The van der Waals surface area contributed by atoms with Crippen molar-refractivity contribution in [3.63, 3.8) is 0 Å². The lowest BCUT2D eigenvalue weighted by Gasteiger charge is -2.19. The minimum Gasteiger partial charge on any atom is -0.285 e. The summed E-state index contributed by atoms with van der Waals surface area (Å²) in [5.74, 6) is -0.665. The van der Waals surface area contributed by atoms with E-state index in [4.69, 9.17) is 40.0 Å². The van der Waals surface area contributed by atoms with Crippen LogP contribution in [0, 0.1) is 0 Å². The second-order valence-corrected chi connectivity index (χ2v) is 4.77. The molecular formula is C6H8Cl3NO2. The zero-order chi connectivity index (χ0) is 9.94. The molecule has 0 aromatic rings. The molecule has 6 heteroatoms. The maximum absolute atomic E-state index is 10.9. The van der Waals surface area contributed by atoms with Crippen LogP contribution in [-0.4, -0.2) is 26.5 Å². The van der Waals surface area contributed by atoms with Gasteiger partial charge in [0.25, 0.3) is 5.91 Å². The van der Waals surface area contributed by atoms with Crippen LogP contribution in [0.1, 0.15) is 6.92 Å². The van der Waals surface area contributed by atoms with E-state index >= 15 is 0 Å². The number of alkyl halides is 3. The molecule has 0 fully saturated rings. The standard InChI is InChI=1S/C6H8Cl3NO2/c1-4(2)5(11)10(12)3-6(7,8)9/h12H,1,3H2,2H3. The highest BCUT2D eigenvalue weighted by atomic mass is 35.6. The average molecular weight is 232 g/mol. The molecule has 0 radical (unpaired) electrons. The van der Waals surface area contributed by atoms with Crippen molar-refractivity contribution in [2.75, 3.05) is 6.54 Å². The van der Waals surface area contributed by atoms with Gasteiger partial charge in [-0.15, -0.1) is 0 Å². The molecule has 0 heterocycles. The van der Waals surface area contributed by atoms with Crippen LogP contribution in [0.25, 0.3) is 0 Å². The largest absolute Gasteiger partial charge is 0.285 e. The quantitative estimate of drug-likeness (QED) is 0.343. The second kappa shape index (κ2) is 4.33. The van der Waals surface area contributed by atoms with Crippen LogP contribution in [0.4, 0.5) is 0 Å². The lowest BCUT2D eigenvalue weighted by atomic mass is 10.3. The van der Waals surface area contributed by atoms with Gasteiger partial charge in [0.1, 0.15) is 0 Å². The molecule has 0 aliphatic carbocycles. The molecule has 0 bridgehead atoms. The topological polar surface area (TPSA) is 40.5 Å². The van der Waals surface area contributed by atoms with E-state index in [0.29, 0.717) is 5.06 Å². The van der Waals surface area contributed by atoms with Crippen molar-refractivity contribution >= 4 is 40.7 Å². The third kappa shape index (κ3) is 4.83. The highest BCUT2D eigenvalue weighted by Gasteiger charge is 2.26. The summed E-state index contributed by atoms with van der Waals surface area (Å²) in [5.41, 5.74) is 0.173. The summed E-state index contributed by atoms with van der Waals surface area (Å²) < 4.78 is -1.68. The fraction of sp³-hybridized carbons (Fsp3) is 0.500. The molecule has 1 amide bonds. The third-order valence-corrected chi connectivity index (χ3v) is 1.29. The lowest BCUT2D eigenvalue weighted by molar-refractivity contribution is -0.160. The van der Waals surface area contributed by atoms with Gasteiger partial charge in [-0.2, -0.15) is 0 Å². The number of halogens is 3. The summed E-state index contributed by atoms with van der Waals surface area (Å²) >= 11 is 16.0. The summed E-state index contributed by atoms with van der Waals surface area (Å²) in [6.07, 6.45) is 0. The molecule has 0 aromatic carbocycles. The number of carbonyl (C=O) groups is 1. The van der Waals surface area contributed by atoms with Gasteiger partial charge in [-0.3, -0.25) is 10.0 Å². The Morgan fingerprint density at radius 3 is 2.25 bits per heavy atom. The fourth-order valence-electron chi connectivity index (χ4n) is 0.462. The predicted octanol–water partition coefficient (Wildman–Crippen LogP) is 2.15.